The van der Waals surface area contributed by atoms with Crippen LogP contribution in [0.3, 0.4) is 0 Å². The minimum Gasteiger partial charge on any atom is -0.457 e. The number of para-hydroxylation sites is 1. The summed E-state index contributed by atoms with van der Waals surface area (Å²) in [5.41, 5.74) is 8.13. The van der Waals surface area contributed by atoms with E-state index in [1.165, 1.54) is 0 Å². The van der Waals surface area contributed by atoms with E-state index in [9.17, 15) is 9.59 Å². The molecule has 0 saturated carbocycles. The van der Waals surface area contributed by atoms with Crippen molar-refractivity contribution >= 4 is 11.9 Å². The summed E-state index contributed by atoms with van der Waals surface area (Å²) in [5, 5.41) is 5.69. The van der Waals surface area contributed by atoms with Gasteiger partial charge in [0, 0.05) is 19.5 Å². The lowest BCUT2D eigenvalue weighted by molar-refractivity contribution is -0.117. The topological polar surface area (TPSA) is 93.5 Å². The van der Waals surface area contributed by atoms with Crippen LogP contribution in [0.5, 0.6) is 11.5 Å². The van der Waals surface area contributed by atoms with Crippen LogP contribution in [0, 0.1) is 0 Å². The number of hydrogen-bond donors (Lipinski definition) is 3. The van der Waals surface area contributed by atoms with Gasteiger partial charge in [-0.3, -0.25) is 4.79 Å². The molecule has 3 rings (SSSR count). The molecule has 3 aromatic carbocycles. The highest BCUT2D eigenvalue weighted by molar-refractivity contribution is 5.74. The van der Waals surface area contributed by atoms with Crippen molar-refractivity contribution in [3.63, 3.8) is 0 Å². The lowest BCUT2D eigenvalue weighted by Gasteiger charge is -2.10. The third-order valence-corrected chi connectivity index (χ3v) is 4.47. The molecule has 0 aliphatic carbocycles. The summed E-state index contributed by atoms with van der Waals surface area (Å²) in [6.07, 6.45) is 0.953. The number of aryl methyl sites for hydroxylation is 1. The van der Waals surface area contributed by atoms with Crippen molar-refractivity contribution in [2.24, 2.45) is 5.73 Å². The van der Waals surface area contributed by atoms with E-state index in [-0.39, 0.29) is 11.9 Å². The summed E-state index contributed by atoms with van der Waals surface area (Å²) in [7, 11) is 0. The lowest BCUT2D eigenvalue weighted by atomic mass is 10.1. The molecule has 0 aromatic heterocycles. The quantitative estimate of drug-likeness (QED) is 0.506. The van der Waals surface area contributed by atoms with Gasteiger partial charge in [-0.2, -0.15) is 0 Å². The Bertz CT molecular complexity index is 973. The fourth-order valence-corrected chi connectivity index (χ4v) is 2.86. The monoisotopic (exact) mass is 403 g/mol. The molecule has 6 nitrogen and oxygen atoms in total. The van der Waals surface area contributed by atoms with Gasteiger partial charge in [-0.05, 0) is 47.4 Å². The predicted molar refractivity (Wildman–Crippen MR) is 116 cm³/mol. The number of primary amides is 1. The maximum atomic E-state index is 12.1. The Hall–Kier alpha value is -3.80. The fraction of sp³-hybridized carbons (Fsp3) is 0.167. The molecule has 4 N–H and O–H groups in total. The second kappa shape index (κ2) is 10.7. The van der Waals surface area contributed by atoms with Gasteiger partial charge >= 0.3 is 6.03 Å². The van der Waals surface area contributed by atoms with Crippen LogP contribution in [-0.4, -0.2) is 11.9 Å². The molecule has 0 aliphatic heterocycles. The number of carbonyl (C=O) groups excluding carboxylic acids is 2. The summed E-state index contributed by atoms with van der Waals surface area (Å²) >= 11 is 0. The Labute approximate surface area is 176 Å². The standard InChI is InChI=1S/C24H25N3O3/c25-23(28)14-13-18-9-11-19(12-10-18)16-26-24(29)27-17-20-5-4-8-22(15-20)30-21-6-2-1-3-7-21/h1-12,15H,13-14,16-17H2,(H2,25,28)(H2,26,27,29). The van der Waals surface area contributed by atoms with Crippen LogP contribution in [0.1, 0.15) is 23.1 Å². The first-order valence-corrected chi connectivity index (χ1v) is 9.78. The first-order chi connectivity index (χ1) is 14.6. The Morgan fingerprint density at radius 1 is 0.733 bits per heavy atom. The van der Waals surface area contributed by atoms with E-state index in [4.69, 9.17) is 10.5 Å². The van der Waals surface area contributed by atoms with Crippen LogP contribution < -0.4 is 21.1 Å². The van der Waals surface area contributed by atoms with E-state index >= 15 is 0 Å². The first kappa shape index (κ1) is 20.9. The molecule has 30 heavy (non-hydrogen) atoms. The molecule has 6 heteroatoms. The molecule has 154 valence electrons. The van der Waals surface area contributed by atoms with Gasteiger partial charge in [0.15, 0.2) is 0 Å². The van der Waals surface area contributed by atoms with Crippen molar-refractivity contribution in [3.8, 4) is 11.5 Å². The van der Waals surface area contributed by atoms with Crippen molar-refractivity contribution in [1.29, 1.82) is 0 Å². The smallest absolute Gasteiger partial charge is 0.315 e. The van der Waals surface area contributed by atoms with Gasteiger partial charge in [0.1, 0.15) is 11.5 Å². The summed E-state index contributed by atoms with van der Waals surface area (Å²) < 4.78 is 5.82. The maximum absolute atomic E-state index is 12.1. The van der Waals surface area contributed by atoms with Gasteiger partial charge in [-0.15, -0.1) is 0 Å². The number of nitrogens with one attached hydrogen (secondary N) is 2. The summed E-state index contributed by atoms with van der Waals surface area (Å²) in [6.45, 7) is 0.809. The van der Waals surface area contributed by atoms with Crippen molar-refractivity contribution in [1.82, 2.24) is 10.6 Å². The van der Waals surface area contributed by atoms with Crippen molar-refractivity contribution in [3.05, 3.63) is 95.6 Å². The molecule has 0 aliphatic rings. The number of hydrogen-bond acceptors (Lipinski definition) is 3. The zero-order valence-corrected chi connectivity index (χ0v) is 16.6. The summed E-state index contributed by atoms with van der Waals surface area (Å²) in [4.78, 5) is 22.9. The largest absolute Gasteiger partial charge is 0.457 e. The molecule has 0 heterocycles. The van der Waals surface area contributed by atoms with Crippen LogP contribution in [0.2, 0.25) is 0 Å². The third kappa shape index (κ3) is 6.98. The van der Waals surface area contributed by atoms with Gasteiger partial charge in [0.2, 0.25) is 5.91 Å². The molecule has 3 aromatic rings. The van der Waals surface area contributed by atoms with Gasteiger partial charge in [-0.1, -0.05) is 54.6 Å². The number of carbonyl (C=O) groups is 2. The molecule has 0 radical (unpaired) electrons. The minimum absolute atomic E-state index is 0.248. The van der Waals surface area contributed by atoms with Crippen LogP contribution >= 0.6 is 0 Å². The Kier molecular flexibility index (Phi) is 7.44. The second-order valence-electron chi connectivity index (χ2n) is 6.88. The van der Waals surface area contributed by atoms with Gasteiger partial charge < -0.3 is 21.1 Å². The zero-order valence-electron chi connectivity index (χ0n) is 16.6. The normalized spacial score (nSPS) is 10.3. The maximum Gasteiger partial charge on any atom is 0.315 e. The number of ether oxygens (including phenoxy) is 1. The predicted octanol–water partition coefficient (Wildman–Crippen LogP) is 3.90. The fourth-order valence-electron chi connectivity index (χ4n) is 2.86. The van der Waals surface area contributed by atoms with E-state index in [0.29, 0.717) is 25.9 Å². The highest BCUT2D eigenvalue weighted by Crippen LogP contribution is 2.21. The molecule has 3 amide bonds. The second-order valence-corrected chi connectivity index (χ2v) is 6.88. The molecule has 0 atom stereocenters. The third-order valence-electron chi connectivity index (χ3n) is 4.47. The average Bonchev–Trinajstić information content (AvgIpc) is 2.76. The number of benzene rings is 3. The van der Waals surface area contributed by atoms with Gasteiger partial charge in [0.05, 0.1) is 0 Å². The van der Waals surface area contributed by atoms with Crippen molar-refractivity contribution < 1.29 is 14.3 Å². The van der Waals surface area contributed by atoms with Crippen LogP contribution in [0.25, 0.3) is 0 Å². The van der Waals surface area contributed by atoms with E-state index < -0.39 is 0 Å². The molecular formula is C24H25N3O3. The average molecular weight is 403 g/mol. The molecular weight excluding hydrogens is 378 g/mol. The first-order valence-electron chi connectivity index (χ1n) is 9.78. The molecule has 0 fully saturated rings. The highest BCUT2D eigenvalue weighted by atomic mass is 16.5. The number of rotatable bonds is 9. The number of urea groups is 1. The number of nitrogens with two attached hydrogens (primary N) is 1. The Balaban J connectivity index is 1.43. The van der Waals surface area contributed by atoms with Crippen LogP contribution in [0.15, 0.2) is 78.9 Å². The Morgan fingerprint density at radius 3 is 2.07 bits per heavy atom. The number of amides is 3. The van der Waals surface area contributed by atoms with Crippen molar-refractivity contribution in [2.45, 2.75) is 25.9 Å². The highest BCUT2D eigenvalue weighted by Gasteiger charge is 2.04. The van der Waals surface area contributed by atoms with E-state index in [2.05, 4.69) is 10.6 Å². The molecule has 0 unspecified atom stereocenters. The van der Waals surface area contributed by atoms with E-state index in [1.807, 2.05) is 78.9 Å². The van der Waals surface area contributed by atoms with E-state index in [1.54, 1.807) is 0 Å². The van der Waals surface area contributed by atoms with Gasteiger partial charge in [-0.25, -0.2) is 4.79 Å². The van der Waals surface area contributed by atoms with Crippen LogP contribution in [0.4, 0.5) is 4.79 Å². The minimum atomic E-state index is -0.311. The van der Waals surface area contributed by atoms with Crippen LogP contribution in [-0.2, 0) is 24.3 Å². The zero-order chi connectivity index (χ0) is 21.2. The lowest BCUT2D eigenvalue weighted by Crippen LogP contribution is -2.34. The van der Waals surface area contributed by atoms with Gasteiger partial charge in [0.25, 0.3) is 0 Å². The molecule has 0 saturated heterocycles. The Morgan fingerprint density at radius 2 is 1.37 bits per heavy atom. The molecule has 0 spiro atoms. The SMILES string of the molecule is NC(=O)CCc1ccc(CNC(=O)NCc2cccc(Oc3ccccc3)c2)cc1. The van der Waals surface area contributed by atoms with Crippen molar-refractivity contribution in [2.75, 3.05) is 0 Å². The summed E-state index contributed by atoms with van der Waals surface area (Å²) in [5.74, 6) is 1.17. The van der Waals surface area contributed by atoms with E-state index in [0.717, 1.165) is 28.2 Å². The summed E-state index contributed by atoms with van der Waals surface area (Å²) in [6, 6.07) is 24.7. The molecule has 0 bridgehead atoms.